The van der Waals surface area contributed by atoms with Crippen LogP contribution in [0.4, 0.5) is 0 Å². The van der Waals surface area contributed by atoms with E-state index in [1.807, 2.05) is 25.1 Å². The Labute approximate surface area is 129 Å². The molecule has 0 saturated carbocycles. The zero-order chi connectivity index (χ0) is 15.9. The number of benzene rings is 1. The second kappa shape index (κ2) is 7.70. The summed E-state index contributed by atoms with van der Waals surface area (Å²) in [6.07, 6.45) is 1.29. The molecule has 0 unspecified atom stereocenters. The SMILES string of the molecule is CCCC(=O)NCc1nn(CCOC)c(=O)c2ccccc12. The average Bonchev–Trinajstić information content (AvgIpc) is 2.53. The fourth-order valence-electron chi connectivity index (χ4n) is 2.26. The van der Waals surface area contributed by atoms with Gasteiger partial charge in [0.2, 0.25) is 5.91 Å². The number of amides is 1. The molecule has 0 saturated heterocycles. The maximum absolute atomic E-state index is 12.4. The monoisotopic (exact) mass is 303 g/mol. The highest BCUT2D eigenvalue weighted by Crippen LogP contribution is 2.13. The Morgan fingerprint density at radius 1 is 1.32 bits per heavy atom. The number of hydrogen-bond acceptors (Lipinski definition) is 4. The summed E-state index contributed by atoms with van der Waals surface area (Å²) in [6, 6.07) is 7.32. The summed E-state index contributed by atoms with van der Waals surface area (Å²) >= 11 is 0. The lowest BCUT2D eigenvalue weighted by Crippen LogP contribution is -2.29. The molecule has 22 heavy (non-hydrogen) atoms. The van der Waals surface area contributed by atoms with Gasteiger partial charge in [0.1, 0.15) is 0 Å². The Kier molecular flexibility index (Phi) is 5.66. The molecule has 0 spiro atoms. The molecular formula is C16H21N3O3. The van der Waals surface area contributed by atoms with E-state index in [9.17, 15) is 9.59 Å². The Balaban J connectivity index is 2.36. The van der Waals surface area contributed by atoms with E-state index in [2.05, 4.69) is 10.4 Å². The van der Waals surface area contributed by atoms with Gasteiger partial charge in [-0.25, -0.2) is 4.68 Å². The van der Waals surface area contributed by atoms with E-state index in [1.165, 1.54) is 4.68 Å². The molecular weight excluding hydrogens is 282 g/mol. The number of methoxy groups -OCH3 is 1. The molecule has 1 N–H and O–H groups in total. The molecule has 1 heterocycles. The van der Waals surface area contributed by atoms with E-state index >= 15 is 0 Å². The molecule has 0 radical (unpaired) electrons. The number of fused-ring (bicyclic) bond motifs is 1. The van der Waals surface area contributed by atoms with Crippen LogP contribution < -0.4 is 10.9 Å². The van der Waals surface area contributed by atoms with E-state index < -0.39 is 0 Å². The molecule has 2 rings (SSSR count). The van der Waals surface area contributed by atoms with Gasteiger partial charge in [-0.15, -0.1) is 0 Å². The van der Waals surface area contributed by atoms with Gasteiger partial charge >= 0.3 is 0 Å². The van der Waals surface area contributed by atoms with E-state index in [4.69, 9.17) is 4.74 Å². The maximum Gasteiger partial charge on any atom is 0.274 e. The molecule has 0 aliphatic heterocycles. The standard InChI is InChI=1S/C16H21N3O3/c1-3-6-15(20)17-11-14-12-7-4-5-8-13(12)16(21)19(18-14)9-10-22-2/h4-5,7-8H,3,6,9-11H2,1-2H3,(H,17,20). The van der Waals surface area contributed by atoms with Crippen molar-refractivity contribution in [3.8, 4) is 0 Å². The first-order valence-corrected chi connectivity index (χ1v) is 7.41. The Morgan fingerprint density at radius 2 is 2.05 bits per heavy atom. The number of rotatable bonds is 7. The minimum absolute atomic E-state index is 0.0111. The van der Waals surface area contributed by atoms with Crippen LogP contribution in [0.3, 0.4) is 0 Å². The van der Waals surface area contributed by atoms with Crippen LogP contribution in [0.5, 0.6) is 0 Å². The van der Waals surface area contributed by atoms with E-state index in [0.717, 1.165) is 11.8 Å². The Hall–Kier alpha value is -2.21. The van der Waals surface area contributed by atoms with Gasteiger partial charge in [0.25, 0.3) is 5.56 Å². The van der Waals surface area contributed by atoms with Gasteiger partial charge < -0.3 is 10.1 Å². The molecule has 0 fully saturated rings. The lowest BCUT2D eigenvalue weighted by Gasteiger charge is -2.11. The fraction of sp³-hybridized carbons (Fsp3) is 0.438. The summed E-state index contributed by atoms with van der Waals surface area (Å²) < 4.78 is 6.41. The van der Waals surface area contributed by atoms with Gasteiger partial charge in [0, 0.05) is 18.9 Å². The van der Waals surface area contributed by atoms with Crippen LogP contribution in [0.15, 0.2) is 29.1 Å². The number of nitrogens with zero attached hydrogens (tertiary/aromatic N) is 2. The Bertz CT molecular complexity index is 709. The van der Waals surface area contributed by atoms with Crippen LogP contribution in [-0.4, -0.2) is 29.4 Å². The third kappa shape index (κ3) is 3.71. The van der Waals surface area contributed by atoms with Crippen LogP contribution in [0.1, 0.15) is 25.5 Å². The first-order chi connectivity index (χ1) is 10.7. The van der Waals surface area contributed by atoms with Crippen molar-refractivity contribution in [2.75, 3.05) is 13.7 Å². The van der Waals surface area contributed by atoms with Crippen molar-refractivity contribution >= 4 is 16.7 Å². The van der Waals surface area contributed by atoms with Crippen molar-refractivity contribution in [3.63, 3.8) is 0 Å². The predicted octanol–water partition coefficient (Wildman–Crippen LogP) is 1.46. The third-order valence-corrected chi connectivity index (χ3v) is 3.38. The molecule has 2 aromatic rings. The van der Waals surface area contributed by atoms with Crippen molar-refractivity contribution < 1.29 is 9.53 Å². The predicted molar refractivity (Wildman–Crippen MR) is 84.6 cm³/mol. The zero-order valence-corrected chi connectivity index (χ0v) is 13.0. The number of aromatic nitrogens is 2. The van der Waals surface area contributed by atoms with Crippen molar-refractivity contribution in [1.29, 1.82) is 0 Å². The summed E-state index contributed by atoms with van der Waals surface area (Å²) in [5, 5.41) is 8.61. The molecule has 6 heteroatoms. The summed E-state index contributed by atoms with van der Waals surface area (Å²) in [5.41, 5.74) is 0.548. The second-order valence-corrected chi connectivity index (χ2v) is 5.04. The molecule has 0 atom stereocenters. The van der Waals surface area contributed by atoms with Crippen molar-refractivity contribution in [2.24, 2.45) is 0 Å². The highest BCUT2D eigenvalue weighted by molar-refractivity contribution is 5.84. The lowest BCUT2D eigenvalue weighted by molar-refractivity contribution is -0.121. The number of nitrogens with one attached hydrogen (secondary N) is 1. The molecule has 1 aromatic carbocycles. The maximum atomic E-state index is 12.4. The summed E-state index contributed by atoms with van der Waals surface area (Å²) in [6.45, 7) is 3.06. The lowest BCUT2D eigenvalue weighted by atomic mass is 10.1. The normalized spacial score (nSPS) is 10.8. The first-order valence-electron chi connectivity index (χ1n) is 7.41. The van der Waals surface area contributed by atoms with Gasteiger partial charge in [0.05, 0.1) is 30.8 Å². The van der Waals surface area contributed by atoms with E-state index in [1.54, 1.807) is 13.2 Å². The van der Waals surface area contributed by atoms with Gasteiger partial charge in [-0.2, -0.15) is 5.10 Å². The van der Waals surface area contributed by atoms with E-state index in [0.29, 0.717) is 37.2 Å². The zero-order valence-electron chi connectivity index (χ0n) is 13.0. The van der Waals surface area contributed by atoms with Gasteiger partial charge in [-0.3, -0.25) is 9.59 Å². The second-order valence-electron chi connectivity index (χ2n) is 5.04. The highest BCUT2D eigenvalue weighted by atomic mass is 16.5. The third-order valence-electron chi connectivity index (χ3n) is 3.38. The van der Waals surface area contributed by atoms with Gasteiger partial charge in [-0.1, -0.05) is 25.1 Å². The average molecular weight is 303 g/mol. The van der Waals surface area contributed by atoms with Gasteiger partial charge in [0.15, 0.2) is 0 Å². The number of carbonyl (C=O) groups excluding carboxylic acids is 1. The van der Waals surface area contributed by atoms with Crippen molar-refractivity contribution in [2.45, 2.75) is 32.9 Å². The fourth-order valence-corrected chi connectivity index (χ4v) is 2.26. The van der Waals surface area contributed by atoms with Crippen LogP contribution in [0.2, 0.25) is 0 Å². The largest absolute Gasteiger partial charge is 0.383 e. The molecule has 1 aromatic heterocycles. The van der Waals surface area contributed by atoms with Crippen LogP contribution in [-0.2, 0) is 22.6 Å². The topological polar surface area (TPSA) is 73.2 Å². The molecule has 118 valence electrons. The summed E-state index contributed by atoms with van der Waals surface area (Å²) in [5.74, 6) is -0.0111. The molecule has 0 bridgehead atoms. The Morgan fingerprint density at radius 3 is 2.73 bits per heavy atom. The van der Waals surface area contributed by atoms with Crippen LogP contribution in [0, 0.1) is 0 Å². The van der Waals surface area contributed by atoms with Crippen molar-refractivity contribution in [3.05, 3.63) is 40.3 Å². The van der Waals surface area contributed by atoms with E-state index in [-0.39, 0.29) is 11.5 Å². The number of carbonyl (C=O) groups is 1. The van der Waals surface area contributed by atoms with Crippen LogP contribution >= 0.6 is 0 Å². The minimum atomic E-state index is -0.142. The summed E-state index contributed by atoms with van der Waals surface area (Å²) in [4.78, 5) is 24.0. The van der Waals surface area contributed by atoms with Gasteiger partial charge in [-0.05, 0) is 12.5 Å². The molecule has 0 aliphatic carbocycles. The summed E-state index contributed by atoms with van der Waals surface area (Å²) in [7, 11) is 1.58. The molecule has 6 nitrogen and oxygen atoms in total. The van der Waals surface area contributed by atoms with Crippen LogP contribution in [0.25, 0.3) is 10.8 Å². The van der Waals surface area contributed by atoms with Crippen molar-refractivity contribution in [1.82, 2.24) is 15.1 Å². The smallest absolute Gasteiger partial charge is 0.274 e. The number of hydrogen-bond donors (Lipinski definition) is 1. The molecule has 1 amide bonds. The highest BCUT2D eigenvalue weighted by Gasteiger charge is 2.11. The quantitative estimate of drug-likeness (QED) is 0.840. The number of ether oxygens (including phenoxy) is 1. The minimum Gasteiger partial charge on any atom is -0.383 e. The molecule has 0 aliphatic rings. The first kappa shape index (κ1) is 16.2.